The minimum atomic E-state index is -0.816. The highest BCUT2D eigenvalue weighted by molar-refractivity contribution is 5.85. The van der Waals surface area contributed by atoms with Crippen molar-refractivity contribution in [3.05, 3.63) is 53.5 Å². The Hall–Kier alpha value is -4.19. The molecule has 2 aromatic heterocycles. The molecule has 4 aromatic rings. The van der Waals surface area contributed by atoms with Crippen LogP contribution < -0.4 is 4.74 Å². The quantitative estimate of drug-likeness (QED) is 0.368. The van der Waals surface area contributed by atoms with E-state index in [1.54, 1.807) is 24.4 Å². The van der Waals surface area contributed by atoms with Crippen LogP contribution in [-0.2, 0) is 11.3 Å². The fourth-order valence-corrected chi connectivity index (χ4v) is 3.57. The maximum atomic E-state index is 10.8. The summed E-state index contributed by atoms with van der Waals surface area (Å²) >= 11 is 0. The number of hydrogen-bond donors (Lipinski definition) is 1. The Morgan fingerprint density at radius 3 is 2.85 bits per heavy atom. The van der Waals surface area contributed by atoms with Gasteiger partial charge in [-0.15, -0.1) is 0 Å². The average molecular weight is 445 g/mol. The summed E-state index contributed by atoms with van der Waals surface area (Å²) in [6.45, 7) is 13.7. The third kappa shape index (κ3) is 4.70. The predicted octanol–water partition coefficient (Wildman–Crippen LogP) is 5.26. The minimum Gasteiger partial charge on any atom is -0.502 e. The van der Waals surface area contributed by atoms with Crippen LogP contribution >= 0.6 is 0 Å². The van der Waals surface area contributed by atoms with Gasteiger partial charge in [-0.2, -0.15) is 10.1 Å². The number of hydrogen-bond acceptors (Lipinski definition) is 6. The summed E-state index contributed by atoms with van der Waals surface area (Å²) in [5.74, 6) is 0.457. The van der Waals surface area contributed by atoms with Gasteiger partial charge in [0.25, 0.3) is 5.89 Å². The average Bonchev–Trinajstić information content (AvgIpc) is 3.40. The van der Waals surface area contributed by atoms with E-state index in [0.29, 0.717) is 41.7 Å². The number of rotatable bonds is 8. The van der Waals surface area contributed by atoms with Gasteiger partial charge in [-0.25, -0.2) is 4.85 Å². The van der Waals surface area contributed by atoms with Crippen molar-refractivity contribution in [2.45, 2.75) is 46.3 Å². The summed E-state index contributed by atoms with van der Waals surface area (Å²) in [7, 11) is 0. The van der Waals surface area contributed by atoms with E-state index in [4.69, 9.17) is 20.9 Å². The summed E-state index contributed by atoms with van der Waals surface area (Å²) in [4.78, 5) is 18.9. The van der Waals surface area contributed by atoms with Crippen LogP contribution in [0.1, 0.15) is 32.3 Å². The molecule has 0 atom stereocenters. The number of carbonyl (C=O) groups is 1. The van der Waals surface area contributed by atoms with Gasteiger partial charge < -0.3 is 14.4 Å². The Labute approximate surface area is 190 Å². The molecule has 9 heteroatoms. The lowest BCUT2D eigenvalue weighted by Gasteiger charge is -2.11. The van der Waals surface area contributed by atoms with E-state index in [9.17, 15) is 4.79 Å². The van der Waals surface area contributed by atoms with E-state index in [-0.39, 0.29) is 12.5 Å². The molecule has 0 spiro atoms. The molecular formula is C24H23N5O4. The van der Waals surface area contributed by atoms with E-state index in [0.717, 1.165) is 22.0 Å². The molecule has 0 fully saturated rings. The molecule has 2 aromatic carbocycles. The molecule has 0 bridgehead atoms. The monoisotopic (exact) mass is 445 g/mol. The fourth-order valence-electron chi connectivity index (χ4n) is 3.57. The van der Waals surface area contributed by atoms with Crippen LogP contribution in [0.15, 0.2) is 41.1 Å². The zero-order valence-electron chi connectivity index (χ0n) is 18.6. The van der Waals surface area contributed by atoms with Gasteiger partial charge in [0.2, 0.25) is 11.5 Å². The molecule has 33 heavy (non-hydrogen) atoms. The second-order valence-corrected chi connectivity index (χ2v) is 7.97. The van der Waals surface area contributed by atoms with E-state index in [1.165, 1.54) is 0 Å². The van der Waals surface area contributed by atoms with Gasteiger partial charge in [0.05, 0.1) is 24.4 Å². The van der Waals surface area contributed by atoms with Crippen molar-refractivity contribution in [2.24, 2.45) is 0 Å². The molecule has 9 nitrogen and oxygen atoms in total. The molecule has 0 aliphatic heterocycles. The zero-order valence-corrected chi connectivity index (χ0v) is 18.6. The second-order valence-electron chi connectivity index (χ2n) is 7.97. The number of ether oxygens (including phenoxy) is 1. The Morgan fingerprint density at radius 1 is 1.30 bits per heavy atom. The van der Waals surface area contributed by atoms with Gasteiger partial charge >= 0.3 is 5.97 Å². The summed E-state index contributed by atoms with van der Waals surface area (Å²) < 4.78 is 13.0. The predicted molar refractivity (Wildman–Crippen MR) is 122 cm³/mol. The van der Waals surface area contributed by atoms with Crippen molar-refractivity contribution in [2.75, 3.05) is 0 Å². The normalized spacial score (nSPS) is 11.1. The molecule has 4 rings (SSSR count). The number of aromatic nitrogens is 4. The summed E-state index contributed by atoms with van der Waals surface area (Å²) in [6, 6.07) is 9.15. The first-order valence-corrected chi connectivity index (χ1v) is 10.6. The van der Waals surface area contributed by atoms with E-state index in [2.05, 4.69) is 20.1 Å². The lowest BCUT2D eigenvalue weighted by atomic mass is 10.1. The Balaban J connectivity index is 1.62. The van der Waals surface area contributed by atoms with Crippen molar-refractivity contribution < 1.29 is 19.2 Å². The third-order valence-corrected chi connectivity index (χ3v) is 5.10. The highest BCUT2D eigenvalue weighted by Crippen LogP contribution is 2.34. The second kappa shape index (κ2) is 9.12. The lowest BCUT2D eigenvalue weighted by Crippen LogP contribution is -2.05. The van der Waals surface area contributed by atoms with Crippen LogP contribution in [0.4, 0.5) is 5.69 Å². The number of carboxylic acids is 1. The topological polar surface area (TPSA) is 108 Å². The van der Waals surface area contributed by atoms with Gasteiger partial charge in [-0.1, -0.05) is 5.16 Å². The largest absolute Gasteiger partial charge is 0.502 e. The van der Waals surface area contributed by atoms with Crippen molar-refractivity contribution >= 4 is 22.6 Å². The Kier molecular flexibility index (Phi) is 6.09. The SMILES string of the molecule is [C-]#[N+]c1cc(-c2nc(-c3cc4cnn(CCCC(=O)O)c4cc3C)no2)ccc1OC(C)C. The first-order chi connectivity index (χ1) is 15.9. The lowest BCUT2D eigenvalue weighted by molar-refractivity contribution is -0.137. The van der Waals surface area contributed by atoms with Crippen LogP contribution in [0.5, 0.6) is 5.75 Å². The number of carboxylic acid groups (broad SMARTS) is 1. The van der Waals surface area contributed by atoms with Gasteiger partial charge in [0.1, 0.15) is 5.75 Å². The van der Waals surface area contributed by atoms with Crippen molar-refractivity contribution in [1.82, 2.24) is 19.9 Å². The standard InChI is InChI=1S/C24H23N5O4/c1-14(2)32-21-8-7-16(12-19(21)25-4)24-27-23(28-33-24)18-11-17-13-26-29(9-5-6-22(30)31)20(17)10-15(18)3/h7-8,10-14H,5-6,9H2,1-3H3,(H,30,31). The number of benzene rings is 2. The Bertz CT molecular complexity index is 1360. The molecule has 1 N–H and O–H groups in total. The molecule has 2 heterocycles. The minimum absolute atomic E-state index is 0.0363. The molecule has 0 saturated heterocycles. The molecule has 0 aliphatic carbocycles. The molecule has 168 valence electrons. The molecule has 0 saturated carbocycles. The molecule has 0 amide bonds. The maximum Gasteiger partial charge on any atom is 0.303 e. The van der Waals surface area contributed by atoms with Crippen molar-refractivity contribution in [3.8, 4) is 28.6 Å². The molecule has 0 radical (unpaired) electrons. The van der Waals surface area contributed by atoms with Gasteiger partial charge in [0.15, 0.2) is 0 Å². The molecular weight excluding hydrogens is 422 g/mol. The van der Waals surface area contributed by atoms with Crippen LogP contribution in [0.2, 0.25) is 0 Å². The number of fused-ring (bicyclic) bond motifs is 1. The summed E-state index contributed by atoms with van der Waals surface area (Å²) in [5, 5.41) is 18.3. The van der Waals surface area contributed by atoms with Crippen LogP contribution in [0.3, 0.4) is 0 Å². The first-order valence-electron chi connectivity index (χ1n) is 10.6. The summed E-state index contributed by atoms with van der Waals surface area (Å²) in [6.07, 6.45) is 2.32. The molecule has 0 unspecified atom stereocenters. The van der Waals surface area contributed by atoms with E-state index in [1.807, 2.05) is 37.6 Å². The Morgan fingerprint density at radius 2 is 2.12 bits per heavy atom. The highest BCUT2D eigenvalue weighted by atomic mass is 16.5. The van der Waals surface area contributed by atoms with Gasteiger partial charge in [0, 0.05) is 29.5 Å². The fraction of sp³-hybridized carbons (Fsp3) is 0.292. The number of aryl methyl sites for hydroxylation is 2. The maximum absolute atomic E-state index is 10.8. The number of nitrogens with zero attached hydrogens (tertiary/aromatic N) is 5. The zero-order chi connectivity index (χ0) is 23.5. The van der Waals surface area contributed by atoms with E-state index >= 15 is 0 Å². The number of aliphatic carboxylic acids is 1. The highest BCUT2D eigenvalue weighted by Gasteiger charge is 2.17. The summed E-state index contributed by atoms with van der Waals surface area (Å²) in [5.41, 5.74) is 3.70. The van der Waals surface area contributed by atoms with E-state index < -0.39 is 5.97 Å². The van der Waals surface area contributed by atoms with Gasteiger partial charge in [-0.3, -0.25) is 9.48 Å². The molecule has 0 aliphatic rings. The van der Waals surface area contributed by atoms with Crippen LogP contribution in [0.25, 0.3) is 38.6 Å². The van der Waals surface area contributed by atoms with Gasteiger partial charge in [-0.05, 0) is 63.1 Å². The van der Waals surface area contributed by atoms with Crippen molar-refractivity contribution in [3.63, 3.8) is 0 Å². The first kappa shape index (κ1) is 22.0. The van der Waals surface area contributed by atoms with Crippen molar-refractivity contribution in [1.29, 1.82) is 0 Å². The van der Waals surface area contributed by atoms with Crippen LogP contribution in [-0.4, -0.2) is 37.1 Å². The van der Waals surface area contributed by atoms with Crippen LogP contribution in [0, 0.1) is 13.5 Å². The third-order valence-electron chi connectivity index (χ3n) is 5.10. The smallest absolute Gasteiger partial charge is 0.303 e.